The molecule has 31 heavy (non-hydrogen) atoms. The van der Waals surface area contributed by atoms with Gasteiger partial charge in [-0.1, -0.05) is 41.6 Å². The molecule has 8 nitrogen and oxygen atoms in total. The van der Waals surface area contributed by atoms with Gasteiger partial charge in [0.2, 0.25) is 5.91 Å². The van der Waals surface area contributed by atoms with Crippen LogP contribution in [0.25, 0.3) is 0 Å². The third-order valence-corrected chi connectivity index (χ3v) is 6.28. The highest BCUT2D eigenvalue weighted by Gasteiger charge is 2.21. The number of hydrogen-bond acceptors (Lipinski definition) is 7. The van der Waals surface area contributed by atoms with E-state index in [0.717, 1.165) is 5.69 Å². The number of aromatic nitrogens is 4. The summed E-state index contributed by atoms with van der Waals surface area (Å²) in [7, 11) is 0. The van der Waals surface area contributed by atoms with Gasteiger partial charge in [-0.3, -0.25) is 9.59 Å². The van der Waals surface area contributed by atoms with E-state index in [4.69, 9.17) is 11.6 Å². The van der Waals surface area contributed by atoms with Crippen LogP contribution in [0.1, 0.15) is 34.8 Å². The number of halogens is 1. The van der Waals surface area contributed by atoms with Gasteiger partial charge >= 0.3 is 0 Å². The second-order valence-electron chi connectivity index (χ2n) is 6.55. The third-order valence-electron chi connectivity index (χ3n) is 4.11. The fourth-order valence-corrected chi connectivity index (χ4v) is 4.39. The maximum Gasteiger partial charge on any atom is 0.253 e. The molecule has 0 aliphatic rings. The van der Waals surface area contributed by atoms with E-state index in [2.05, 4.69) is 32.4 Å². The zero-order valence-electron chi connectivity index (χ0n) is 17.0. The third kappa shape index (κ3) is 5.93. The summed E-state index contributed by atoms with van der Waals surface area (Å²) in [6.45, 7) is 7.89. The van der Waals surface area contributed by atoms with Crippen LogP contribution in [0, 0.1) is 6.92 Å². The molecule has 1 atom stereocenters. The van der Waals surface area contributed by atoms with E-state index in [1.165, 1.54) is 23.1 Å². The van der Waals surface area contributed by atoms with Crippen molar-refractivity contribution in [2.24, 2.45) is 0 Å². The molecule has 2 heterocycles. The Balaban J connectivity index is 1.67. The zero-order valence-corrected chi connectivity index (χ0v) is 19.4. The number of nitrogens with one attached hydrogen (secondary N) is 2. The minimum absolute atomic E-state index is 0.147. The molecule has 0 aliphatic heterocycles. The lowest BCUT2D eigenvalue weighted by atomic mass is 10.2. The van der Waals surface area contributed by atoms with Crippen LogP contribution in [0.2, 0.25) is 5.02 Å². The van der Waals surface area contributed by atoms with Crippen molar-refractivity contribution < 1.29 is 9.59 Å². The number of carbonyl (C=O) groups excluding carboxylic acids is 2. The molecule has 162 valence electrons. The van der Waals surface area contributed by atoms with Crippen molar-refractivity contribution in [3.05, 3.63) is 64.4 Å². The first-order valence-corrected chi connectivity index (χ1v) is 11.6. The van der Waals surface area contributed by atoms with Crippen LogP contribution in [0.4, 0.5) is 5.13 Å². The Labute approximate surface area is 193 Å². The molecule has 0 saturated heterocycles. The number of allylic oxidation sites excluding steroid dienone is 1. The van der Waals surface area contributed by atoms with E-state index in [9.17, 15) is 9.59 Å². The van der Waals surface area contributed by atoms with Crippen molar-refractivity contribution in [1.82, 2.24) is 25.1 Å². The number of aryl methyl sites for hydroxylation is 1. The summed E-state index contributed by atoms with van der Waals surface area (Å²) in [5, 5.41) is 17.4. The van der Waals surface area contributed by atoms with Gasteiger partial charge in [0.15, 0.2) is 16.1 Å². The molecule has 3 rings (SSSR count). The van der Waals surface area contributed by atoms with Gasteiger partial charge < -0.3 is 15.2 Å². The van der Waals surface area contributed by atoms with E-state index in [1.54, 1.807) is 30.3 Å². The molecular formula is C20H21ClN6O2S2. The van der Waals surface area contributed by atoms with Crippen LogP contribution in [0.5, 0.6) is 0 Å². The number of nitrogens with zero attached hydrogens (tertiary/aromatic N) is 4. The fraction of sp³-hybridized carbons (Fsp3) is 0.250. The molecular weight excluding hydrogens is 456 g/mol. The van der Waals surface area contributed by atoms with Crippen molar-refractivity contribution in [1.29, 1.82) is 0 Å². The van der Waals surface area contributed by atoms with Crippen molar-refractivity contribution >= 4 is 51.6 Å². The van der Waals surface area contributed by atoms with Crippen molar-refractivity contribution in [3.8, 4) is 0 Å². The molecule has 0 saturated carbocycles. The highest BCUT2D eigenvalue weighted by atomic mass is 35.5. The van der Waals surface area contributed by atoms with Crippen LogP contribution < -0.4 is 10.6 Å². The highest BCUT2D eigenvalue weighted by molar-refractivity contribution is 7.99. The number of amides is 2. The van der Waals surface area contributed by atoms with E-state index in [-0.39, 0.29) is 17.6 Å². The Bertz CT molecular complexity index is 1100. The second-order valence-corrected chi connectivity index (χ2v) is 8.75. The average Bonchev–Trinajstić information content (AvgIpc) is 3.32. The molecule has 2 amide bonds. The first-order valence-electron chi connectivity index (χ1n) is 9.33. The van der Waals surface area contributed by atoms with Crippen LogP contribution in [0.3, 0.4) is 0 Å². The highest BCUT2D eigenvalue weighted by Crippen LogP contribution is 2.23. The average molecular weight is 477 g/mol. The Kier molecular flexibility index (Phi) is 7.83. The number of carbonyl (C=O) groups is 2. The number of thioether (sulfide) groups is 1. The zero-order chi connectivity index (χ0) is 22.4. The monoisotopic (exact) mass is 476 g/mol. The SMILES string of the molecule is C=CCn1c(SCC(=O)Nc2nc(C)cs2)nnc1[C@H](C)NC(=O)c1ccccc1Cl. The summed E-state index contributed by atoms with van der Waals surface area (Å²) in [6.07, 6.45) is 1.71. The number of hydrogen-bond donors (Lipinski definition) is 2. The van der Waals surface area contributed by atoms with Crippen LogP contribution >= 0.6 is 34.7 Å². The van der Waals surface area contributed by atoms with Gasteiger partial charge in [0, 0.05) is 11.9 Å². The summed E-state index contributed by atoms with van der Waals surface area (Å²) in [6, 6.07) is 6.39. The van der Waals surface area contributed by atoms with Gasteiger partial charge in [-0.25, -0.2) is 4.98 Å². The molecule has 0 radical (unpaired) electrons. The molecule has 0 fully saturated rings. The lowest BCUT2D eigenvalue weighted by Gasteiger charge is -2.15. The molecule has 0 spiro atoms. The maximum absolute atomic E-state index is 12.6. The minimum Gasteiger partial charge on any atom is -0.342 e. The van der Waals surface area contributed by atoms with E-state index < -0.39 is 6.04 Å². The molecule has 0 unspecified atom stereocenters. The normalized spacial score (nSPS) is 11.7. The van der Waals surface area contributed by atoms with Crippen molar-refractivity contribution in [2.45, 2.75) is 31.6 Å². The Hall–Kier alpha value is -2.69. The molecule has 2 aromatic heterocycles. The number of benzene rings is 1. The Morgan fingerprint density at radius 2 is 2.13 bits per heavy atom. The first-order chi connectivity index (χ1) is 14.9. The van der Waals surface area contributed by atoms with Gasteiger partial charge in [0.05, 0.1) is 28.1 Å². The number of rotatable bonds is 9. The predicted octanol–water partition coefficient (Wildman–Crippen LogP) is 4.10. The largest absolute Gasteiger partial charge is 0.342 e. The Morgan fingerprint density at radius 3 is 2.81 bits per heavy atom. The molecule has 3 aromatic rings. The molecule has 0 bridgehead atoms. The predicted molar refractivity (Wildman–Crippen MR) is 124 cm³/mol. The summed E-state index contributed by atoms with van der Waals surface area (Å²) in [4.78, 5) is 29.0. The molecule has 0 aliphatic carbocycles. The number of thiazole rings is 1. The molecule has 2 N–H and O–H groups in total. The van der Waals surface area contributed by atoms with Crippen molar-refractivity contribution in [2.75, 3.05) is 11.1 Å². The molecule has 1 aromatic carbocycles. The summed E-state index contributed by atoms with van der Waals surface area (Å²) in [5.74, 6) is 0.209. The van der Waals surface area contributed by atoms with Crippen LogP contribution in [-0.4, -0.2) is 37.3 Å². The van der Waals surface area contributed by atoms with Gasteiger partial charge in [0.25, 0.3) is 5.91 Å². The van der Waals surface area contributed by atoms with E-state index in [1.807, 2.05) is 23.8 Å². The van der Waals surface area contributed by atoms with E-state index in [0.29, 0.717) is 33.2 Å². The second kappa shape index (κ2) is 10.6. The molecule has 11 heteroatoms. The lowest BCUT2D eigenvalue weighted by Crippen LogP contribution is -2.29. The quantitative estimate of drug-likeness (QED) is 0.356. The van der Waals surface area contributed by atoms with Gasteiger partial charge in [-0.2, -0.15) is 0 Å². The van der Waals surface area contributed by atoms with Crippen LogP contribution in [0.15, 0.2) is 47.5 Å². The smallest absolute Gasteiger partial charge is 0.253 e. The summed E-state index contributed by atoms with van der Waals surface area (Å²) < 4.78 is 1.82. The van der Waals surface area contributed by atoms with Gasteiger partial charge in [-0.15, -0.1) is 28.1 Å². The number of anilines is 1. The van der Waals surface area contributed by atoms with Gasteiger partial charge in [0.1, 0.15) is 0 Å². The topological polar surface area (TPSA) is 102 Å². The van der Waals surface area contributed by atoms with Gasteiger partial charge in [-0.05, 0) is 26.0 Å². The summed E-state index contributed by atoms with van der Waals surface area (Å²) >= 11 is 8.74. The minimum atomic E-state index is -0.433. The van der Waals surface area contributed by atoms with Crippen molar-refractivity contribution in [3.63, 3.8) is 0 Å². The fourth-order valence-electron chi connectivity index (χ4n) is 2.71. The lowest BCUT2D eigenvalue weighted by molar-refractivity contribution is -0.113. The summed E-state index contributed by atoms with van der Waals surface area (Å²) in [5.41, 5.74) is 1.24. The standard InChI is InChI=1S/C20H21ClN6O2S2/c1-4-9-27-17(13(3)23-18(29)14-7-5-6-8-15(14)21)25-26-20(27)31-11-16(28)24-19-22-12(2)10-30-19/h4-8,10,13H,1,9,11H2,2-3H3,(H,23,29)(H,22,24,28)/t13-/m0/s1. The van der Waals surface area contributed by atoms with E-state index >= 15 is 0 Å². The Morgan fingerprint density at radius 1 is 1.35 bits per heavy atom. The maximum atomic E-state index is 12.6. The van der Waals surface area contributed by atoms with Crippen LogP contribution in [-0.2, 0) is 11.3 Å². The first kappa shape index (κ1) is 23.0.